The first kappa shape index (κ1) is 13.6. The van der Waals surface area contributed by atoms with Crippen LogP contribution in [0.1, 0.15) is 27.2 Å². The molecule has 0 aromatic heterocycles. The zero-order valence-electron chi connectivity index (χ0n) is 10.3. The van der Waals surface area contributed by atoms with Gasteiger partial charge in [-0.3, -0.25) is 14.4 Å². The molecule has 0 saturated carbocycles. The smallest absolute Gasteiger partial charge is 0.331 e. The Morgan fingerprint density at radius 3 is 2.24 bits per heavy atom. The summed E-state index contributed by atoms with van der Waals surface area (Å²) in [6, 6.07) is 0. The highest BCUT2D eigenvalue weighted by atomic mass is 16.7. The Morgan fingerprint density at radius 2 is 1.82 bits per heavy atom. The van der Waals surface area contributed by atoms with E-state index in [1.54, 1.807) is 6.92 Å². The third-order valence-electron chi connectivity index (χ3n) is 2.38. The van der Waals surface area contributed by atoms with E-state index in [2.05, 4.69) is 0 Å². The summed E-state index contributed by atoms with van der Waals surface area (Å²) in [6.07, 6.45) is -0.399. The minimum Gasteiger partial charge on any atom is -0.422 e. The van der Waals surface area contributed by atoms with Crippen molar-refractivity contribution in [1.82, 2.24) is 0 Å². The van der Waals surface area contributed by atoms with Gasteiger partial charge in [-0.1, -0.05) is 0 Å². The van der Waals surface area contributed by atoms with E-state index < -0.39 is 29.4 Å². The average molecular weight is 244 g/mol. The van der Waals surface area contributed by atoms with E-state index >= 15 is 0 Å². The quantitative estimate of drug-likeness (QED) is 0.527. The van der Waals surface area contributed by atoms with E-state index in [0.717, 1.165) is 0 Å². The van der Waals surface area contributed by atoms with Crippen molar-refractivity contribution in [2.75, 3.05) is 7.11 Å². The summed E-state index contributed by atoms with van der Waals surface area (Å²) < 4.78 is 14.6. The fourth-order valence-electron chi connectivity index (χ4n) is 1.47. The molecule has 0 aliphatic carbocycles. The molecule has 0 aromatic rings. The highest BCUT2D eigenvalue weighted by Crippen LogP contribution is 2.24. The van der Waals surface area contributed by atoms with Gasteiger partial charge in [0.05, 0.1) is 6.10 Å². The lowest BCUT2D eigenvalue weighted by molar-refractivity contribution is -0.238. The van der Waals surface area contributed by atoms with E-state index in [1.807, 2.05) is 0 Å². The molecule has 1 aliphatic heterocycles. The van der Waals surface area contributed by atoms with Gasteiger partial charge < -0.3 is 14.2 Å². The maximum Gasteiger partial charge on any atom is 0.331 e. The van der Waals surface area contributed by atoms with Gasteiger partial charge in [-0.15, -0.1) is 0 Å². The van der Waals surface area contributed by atoms with Gasteiger partial charge in [0, 0.05) is 27.4 Å². The van der Waals surface area contributed by atoms with E-state index in [4.69, 9.17) is 14.2 Å². The van der Waals surface area contributed by atoms with Crippen molar-refractivity contribution in [3.8, 4) is 0 Å². The van der Waals surface area contributed by atoms with Crippen molar-refractivity contribution >= 4 is 17.7 Å². The molecule has 6 heteroatoms. The fourth-order valence-corrected chi connectivity index (χ4v) is 1.47. The first-order chi connectivity index (χ1) is 7.76. The number of ether oxygens (including phenoxy) is 3. The Kier molecular flexibility index (Phi) is 3.87. The molecule has 0 bridgehead atoms. The van der Waals surface area contributed by atoms with Gasteiger partial charge in [-0.2, -0.15) is 0 Å². The number of esters is 2. The van der Waals surface area contributed by atoms with Gasteiger partial charge in [0.1, 0.15) is 0 Å². The van der Waals surface area contributed by atoms with E-state index in [1.165, 1.54) is 21.0 Å². The Morgan fingerprint density at radius 1 is 1.35 bits per heavy atom. The molecule has 0 radical (unpaired) electrons. The zero-order chi connectivity index (χ0) is 13.2. The molecule has 17 heavy (non-hydrogen) atoms. The molecule has 0 aromatic carbocycles. The van der Waals surface area contributed by atoms with Crippen molar-refractivity contribution in [2.24, 2.45) is 5.92 Å². The van der Waals surface area contributed by atoms with E-state index in [9.17, 15) is 14.4 Å². The monoisotopic (exact) mass is 244 g/mol. The molecule has 0 unspecified atom stereocenters. The van der Waals surface area contributed by atoms with Crippen LogP contribution in [0, 0.1) is 5.92 Å². The summed E-state index contributed by atoms with van der Waals surface area (Å²) in [5.41, 5.74) is 0. The minimum absolute atomic E-state index is 0.0359. The number of carbonyl (C=O) groups excluding carboxylic acids is 3. The lowest BCUT2D eigenvalue weighted by Gasteiger charge is -2.32. The first-order valence-corrected chi connectivity index (χ1v) is 5.28. The molecule has 0 N–H and O–H groups in total. The Hall–Kier alpha value is -1.43. The van der Waals surface area contributed by atoms with E-state index in [-0.39, 0.29) is 12.5 Å². The number of Topliss-reactive ketones (excluding diaryl/α,β-unsaturated/α-hetero) is 1. The summed E-state index contributed by atoms with van der Waals surface area (Å²) in [5, 5.41) is 0. The molecular formula is C11H16O6. The predicted octanol–water partition coefficient (Wildman–Crippen LogP) is 0.433. The van der Waals surface area contributed by atoms with E-state index in [0.29, 0.717) is 0 Å². The zero-order valence-corrected chi connectivity index (χ0v) is 10.3. The van der Waals surface area contributed by atoms with Crippen LogP contribution in [0.2, 0.25) is 0 Å². The van der Waals surface area contributed by atoms with Crippen molar-refractivity contribution in [2.45, 2.75) is 39.1 Å². The highest BCUT2D eigenvalue weighted by Gasteiger charge is 2.47. The van der Waals surface area contributed by atoms with Crippen LogP contribution >= 0.6 is 0 Å². The van der Waals surface area contributed by atoms with Crippen LogP contribution in [0.25, 0.3) is 0 Å². The number of ketones is 1. The Balaban J connectivity index is 2.75. The van der Waals surface area contributed by atoms with Gasteiger partial charge in [0.25, 0.3) is 5.79 Å². The molecule has 1 rings (SSSR count). The van der Waals surface area contributed by atoms with Crippen molar-refractivity contribution in [3.05, 3.63) is 0 Å². The van der Waals surface area contributed by atoms with Crippen molar-refractivity contribution in [3.63, 3.8) is 0 Å². The number of carbonyl (C=O) groups is 3. The molecule has 1 saturated heterocycles. The standard InChI is InChI=1S/C11H16O6/c1-6(15-4)5-7(12)8-9(13)16-11(2,3)17-10(8)14/h6,8H,5H2,1-4H3/t6-/m1/s1. The first-order valence-electron chi connectivity index (χ1n) is 5.28. The second kappa shape index (κ2) is 4.83. The third-order valence-corrected chi connectivity index (χ3v) is 2.38. The minimum atomic E-state index is -1.49. The van der Waals surface area contributed by atoms with Crippen LogP contribution in [0.5, 0.6) is 0 Å². The second-order valence-electron chi connectivity index (χ2n) is 4.39. The summed E-state index contributed by atoms with van der Waals surface area (Å²) in [5.74, 6) is -5.07. The maximum atomic E-state index is 11.7. The number of hydrogen-bond acceptors (Lipinski definition) is 6. The molecular weight excluding hydrogens is 228 g/mol. The average Bonchev–Trinajstić information content (AvgIpc) is 2.13. The van der Waals surface area contributed by atoms with Gasteiger partial charge in [-0.25, -0.2) is 0 Å². The largest absolute Gasteiger partial charge is 0.422 e. The van der Waals surface area contributed by atoms with Gasteiger partial charge in [0.15, 0.2) is 5.78 Å². The summed E-state index contributed by atoms with van der Waals surface area (Å²) >= 11 is 0. The fraction of sp³-hybridized carbons (Fsp3) is 0.727. The summed E-state index contributed by atoms with van der Waals surface area (Å²) in [6.45, 7) is 4.53. The summed E-state index contributed by atoms with van der Waals surface area (Å²) in [4.78, 5) is 34.8. The lowest BCUT2D eigenvalue weighted by Crippen LogP contribution is -2.49. The molecule has 0 spiro atoms. The van der Waals surface area contributed by atoms with Crippen LogP contribution in [-0.2, 0) is 28.6 Å². The number of rotatable bonds is 4. The number of cyclic esters (lactones) is 2. The maximum absolute atomic E-state index is 11.7. The SMILES string of the molecule is CO[C@H](C)CC(=O)C1C(=O)OC(C)(C)OC1=O. The number of methoxy groups -OCH3 is 1. The molecule has 1 aliphatic rings. The molecule has 1 fully saturated rings. The predicted molar refractivity (Wildman–Crippen MR) is 55.8 cm³/mol. The molecule has 96 valence electrons. The molecule has 1 heterocycles. The van der Waals surface area contributed by atoms with Crippen LogP contribution in [0.4, 0.5) is 0 Å². The van der Waals surface area contributed by atoms with Crippen LogP contribution in [0.3, 0.4) is 0 Å². The Bertz CT molecular complexity index is 326. The van der Waals surface area contributed by atoms with Crippen LogP contribution in [0.15, 0.2) is 0 Å². The summed E-state index contributed by atoms with van der Waals surface area (Å²) in [7, 11) is 1.44. The molecule has 6 nitrogen and oxygen atoms in total. The third kappa shape index (κ3) is 3.26. The normalized spacial score (nSPS) is 21.6. The number of hydrogen-bond donors (Lipinski definition) is 0. The topological polar surface area (TPSA) is 78.9 Å². The highest BCUT2D eigenvalue weighted by molar-refractivity contribution is 6.15. The van der Waals surface area contributed by atoms with Crippen LogP contribution < -0.4 is 0 Å². The second-order valence-corrected chi connectivity index (χ2v) is 4.39. The van der Waals surface area contributed by atoms with Gasteiger partial charge >= 0.3 is 11.9 Å². The Labute approximate surface area is 99.2 Å². The van der Waals surface area contributed by atoms with Crippen molar-refractivity contribution in [1.29, 1.82) is 0 Å². The van der Waals surface area contributed by atoms with Gasteiger partial charge in [0.2, 0.25) is 5.92 Å². The van der Waals surface area contributed by atoms with Gasteiger partial charge in [-0.05, 0) is 6.92 Å². The molecule has 1 atom stereocenters. The van der Waals surface area contributed by atoms with Crippen molar-refractivity contribution < 1.29 is 28.6 Å². The molecule has 0 amide bonds. The lowest BCUT2D eigenvalue weighted by atomic mass is 9.98. The van der Waals surface area contributed by atoms with Crippen LogP contribution in [-0.4, -0.2) is 36.7 Å².